The van der Waals surface area contributed by atoms with Crippen molar-refractivity contribution in [2.24, 2.45) is 0 Å². The van der Waals surface area contributed by atoms with Gasteiger partial charge in [0.15, 0.2) is 0 Å². The second-order valence-electron chi connectivity index (χ2n) is 2.62. The number of anilines is 1. The molecule has 0 saturated carbocycles. The van der Waals surface area contributed by atoms with Crippen LogP contribution in [0.2, 0.25) is 5.15 Å². The van der Waals surface area contributed by atoms with E-state index in [1.54, 1.807) is 0 Å². The first-order valence-electron chi connectivity index (χ1n) is 3.63. The van der Waals surface area contributed by atoms with Crippen LogP contribution < -0.4 is 5.73 Å². The number of aromatic amines is 1. The fourth-order valence-electron chi connectivity index (χ4n) is 1.10. The molecular weight excluding hydrogens is 208 g/mol. The number of aromatic nitrogens is 3. The first-order chi connectivity index (χ1) is 6.58. The number of nitrogens with zero attached hydrogens (tertiary/aromatic N) is 2. The number of fused-ring (bicyclic) bond motifs is 1. The van der Waals surface area contributed by atoms with Crippen LogP contribution in [0.15, 0.2) is 6.07 Å². The van der Waals surface area contributed by atoms with E-state index in [2.05, 4.69) is 15.0 Å². The molecule has 0 aliphatic rings. The van der Waals surface area contributed by atoms with Crippen molar-refractivity contribution in [3.63, 3.8) is 0 Å². The standard InChI is InChI=1S/C7H5ClN4O2/c8-4-2-1-3(6(13)14)10-5(2)12-7(9)11-4/h1H,(H,13,14)(H3,9,10,11,12). The van der Waals surface area contributed by atoms with Crippen LogP contribution in [-0.2, 0) is 0 Å². The molecule has 4 N–H and O–H groups in total. The van der Waals surface area contributed by atoms with Crippen LogP contribution in [0.1, 0.15) is 10.5 Å². The largest absolute Gasteiger partial charge is 0.477 e. The van der Waals surface area contributed by atoms with Gasteiger partial charge < -0.3 is 15.8 Å². The minimum Gasteiger partial charge on any atom is -0.477 e. The van der Waals surface area contributed by atoms with Gasteiger partial charge in [-0.3, -0.25) is 0 Å². The third kappa shape index (κ3) is 1.25. The number of aromatic carboxylic acids is 1. The van der Waals surface area contributed by atoms with Crippen LogP contribution in [-0.4, -0.2) is 26.0 Å². The molecule has 0 atom stereocenters. The quantitative estimate of drug-likeness (QED) is 0.609. The predicted octanol–water partition coefficient (Wildman–Crippen LogP) is 0.892. The normalized spacial score (nSPS) is 10.6. The molecular formula is C7H5ClN4O2. The Morgan fingerprint density at radius 3 is 2.93 bits per heavy atom. The summed E-state index contributed by atoms with van der Waals surface area (Å²) >= 11 is 5.74. The fourth-order valence-corrected chi connectivity index (χ4v) is 1.34. The van der Waals surface area contributed by atoms with Gasteiger partial charge in [0, 0.05) is 0 Å². The molecule has 0 amide bonds. The van der Waals surface area contributed by atoms with Gasteiger partial charge in [-0.25, -0.2) is 9.78 Å². The summed E-state index contributed by atoms with van der Waals surface area (Å²) in [6.07, 6.45) is 0. The Kier molecular flexibility index (Phi) is 1.78. The second-order valence-corrected chi connectivity index (χ2v) is 2.98. The van der Waals surface area contributed by atoms with Gasteiger partial charge in [0.25, 0.3) is 0 Å². The highest BCUT2D eigenvalue weighted by Crippen LogP contribution is 2.21. The highest BCUT2D eigenvalue weighted by Gasteiger charge is 2.11. The highest BCUT2D eigenvalue weighted by molar-refractivity contribution is 6.34. The minimum atomic E-state index is -1.09. The van der Waals surface area contributed by atoms with Gasteiger partial charge >= 0.3 is 5.97 Å². The molecule has 0 unspecified atom stereocenters. The molecule has 0 radical (unpaired) electrons. The van der Waals surface area contributed by atoms with E-state index in [4.69, 9.17) is 22.4 Å². The zero-order valence-corrected chi connectivity index (χ0v) is 7.54. The number of H-pyrrole nitrogens is 1. The summed E-state index contributed by atoms with van der Waals surface area (Å²) in [5, 5.41) is 9.27. The van der Waals surface area contributed by atoms with E-state index in [0.717, 1.165) is 0 Å². The summed E-state index contributed by atoms with van der Waals surface area (Å²) in [5.41, 5.74) is 5.66. The van der Waals surface area contributed by atoms with Crippen LogP contribution in [0.3, 0.4) is 0 Å². The summed E-state index contributed by atoms with van der Waals surface area (Å²) in [7, 11) is 0. The average molecular weight is 213 g/mol. The Labute approximate surface area is 82.7 Å². The Morgan fingerprint density at radius 2 is 2.29 bits per heavy atom. The molecule has 0 saturated heterocycles. The number of nitrogens with one attached hydrogen (secondary N) is 1. The van der Waals surface area contributed by atoms with E-state index >= 15 is 0 Å². The van der Waals surface area contributed by atoms with Crippen molar-refractivity contribution < 1.29 is 9.90 Å². The number of carboxylic acids is 1. The van der Waals surface area contributed by atoms with E-state index in [1.165, 1.54) is 6.07 Å². The third-order valence-corrected chi connectivity index (χ3v) is 1.98. The molecule has 0 spiro atoms. The lowest BCUT2D eigenvalue weighted by Crippen LogP contribution is -1.96. The van der Waals surface area contributed by atoms with E-state index in [1.807, 2.05) is 0 Å². The molecule has 2 heterocycles. The molecule has 6 nitrogen and oxygen atoms in total. The number of halogens is 1. The number of carbonyl (C=O) groups is 1. The lowest BCUT2D eigenvalue weighted by molar-refractivity contribution is 0.0691. The van der Waals surface area contributed by atoms with Gasteiger partial charge in [-0.15, -0.1) is 0 Å². The SMILES string of the molecule is Nc1nc(Cl)c2cc(C(=O)O)[nH]c2n1. The van der Waals surface area contributed by atoms with Crippen LogP contribution >= 0.6 is 11.6 Å². The number of hydrogen-bond donors (Lipinski definition) is 3. The Balaban J connectivity index is 2.76. The first kappa shape index (κ1) is 8.76. The summed E-state index contributed by atoms with van der Waals surface area (Å²) in [6.45, 7) is 0. The topological polar surface area (TPSA) is 105 Å². The molecule has 0 aliphatic heterocycles. The molecule has 0 bridgehead atoms. The Hall–Kier alpha value is -1.82. The number of hydrogen-bond acceptors (Lipinski definition) is 4. The van der Waals surface area contributed by atoms with Crippen molar-refractivity contribution in [3.05, 3.63) is 16.9 Å². The van der Waals surface area contributed by atoms with Gasteiger partial charge in [-0.1, -0.05) is 11.6 Å². The van der Waals surface area contributed by atoms with Crippen molar-refractivity contribution in [3.8, 4) is 0 Å². The smallest absolute Gasteiger partial charge is 0.352 e. The lowest BCUT2D eigenvalue weighted by Gasteiger charge is -1.93. The van der Waals surface area contributed by atoms with Crippen molar-refractivity contribution in [1.29, 1.82) is 0 Å². The molecule has 0 fully saturated rings. The molecule has 0 aromatic carbocycles. The summed E-state index contributed by atoms with van der Waals surface area (Å²) in [6, 6.07) is 1.36. The predicted molar refractivity (Wildman–Crippen MR) is 50.3 cm³/mol. The van der Waals surface area contributed by atoms with Gasteiger partial charge in [0.2, 0.25) is 5.95 Å². The third-order valence-electron chi connectivity index (χ3n) is 1.69. The summed E-state index contributed by atoms with van der Waals surface area (Å²) in [5.74, 6) is -1.08. The second kappa shape index (κ2) is 2.85. The van der Waals surface area contributed by atoms with E-state index in [9.17, 15) is 4.79 Å². The molecule has 72 valence electrons. The van der Waals surface area contributed by atoms with Gasteiger partial charge in [-0.05, 0) is 6.07 Å². The van der Waals surface area contributed by atoms with Crippen molar-refractivity contribution in [2.75, 3.05) is 5.73 Å². The minimum absolute atomic E-state index is 0.00119. The number of rotatable bonds is 1. The van der Waals surface area contributed by atoms with Crippen molar-refractivity contribution in [1.82, 2.24) is 15.0 Å². The molecule has 14 heavy (non-hydrogen) atoms. The molecule has 0 aliphatic carbocycles. The van der Waals surface area contributed by atoms with Crippen LogP contribution in [0, 0.1) is 0 Å². The van der Waals surface area contributed by atoms with Crippen LogP contribution in [0.4, 0.5) is 5.95 Å². The maximum atomic E-state index is 10.6. The van der Waals surface area contributed by atoms with Crippen molar-refractivity contribution in [2.45, 2.75) is 0 Å². The summed E-state index contributed by atoms with van der Waals surface area (Å²) in [4.78, 5) is 20.7. The zero-order chi connectivity index (χ0) is 10.3. The Morgan fingerprint density at radius 1 is 1.57 bits per heavy atom. The molecule has 2 rings (SSSR count). The monoisotopic (exact) mass is 212 g/mol. The molecule has 7 heteroatoms. The number of nitrogen functional groups attached to an aromatic ring is 1. The fraction of sp³-hybridized carbons (Fsp3) is 0. The zero-order valence-electron chi connectivity index (χ0n) is 6.78. The van der Waals surface area contributed by atoms with Crippen LogP contribution in [0.25, 0.3) is 11.0 Å². The molecule has 2 aromatic rings. The van der Waals surface area contributed by atoms with Gasteiger partial charge in [0.05, 0.1) is 5.39 Å². The Bertz CT molecular complexity index is 522. The lowest BCUT2D eigenvalue weighted by atomic mass is 10.4. The molecule has 2 aromatic heterocycles. The van der Waals surface area contributed by atoms with E-state index in [0.29, 0.717) is 11.0 Å². The van der Waals surface area contributed by atoms with Crippen molar-refractivity contribution >= 4 is 34.6 Å². The summed E-state index contributed by atoms with van der Waals surface area (Å²) < 4.78 is 0. The number of nitrogens with two attached hydrogens (primary N) is 1. The number of carboxylic acid groups (broad SMARTS) is 1. The maximum Gasteiger partial charge on any atom is 0.352 e. The van der Waals surface area contributed by atoms with E-state index in [-0.39, 0.29) is 16.8 Å². The first-order valence-corrected chi connectivity index (χ1v) is 4.01. The van der Waals surface area contributed by atoms with Crippen LogP contribution in [0.5, 0.6) is 0 Å². The maximum absolute atomic E-state index is 10.6. The van der Waals surface area contributed by atoms with Gasteiger partial charge in [0.1, 0.15) is 16.5 Å². The average Bonchev–Trinajstić information content (AvgIpc) is 2.47. The van der Waals surface area contributed by atoms with E-state index < -0.39 is 5.97 Å². The highest BCUT2D eigenvalue weighted by atomic mass is 35.5. The van der Waals surface area contributed by atoms with Gasteiger partial charge in [-0.2, -0.15) is 4.98 Å².